The first kappa shape index (κ1) is 15.1. The molecule has 2 nitrogen and oxygen atoms in total. The summed E-state index contributed by atoms with van der Waals surface area (Å²) in [6.07, 6.45) is 0. The van der Waals surface area contributed by atoms with E-state index in [1.54, 1.807) is 0 Å². The Morgan fingerprint density at radius 2 is 2.00 bits per heavy atom. The number of nitrogens with zero attached hydrogens (tertiary/aromatic N) is 1. The van der Waals surface area contributed by atoms with Crippen LogP contribution < -0.4 is 0 Å². The van der Waals surface area contributed by atoms with E-state index in [0.29, 0.717) is 13.1 Å². The Kier molecular flexibility index (Phi) is 4.84. The first-order valence-corrected chi connectivity index (χ1v) is 7.82. The van der Waals surface area contributed by atoms with E-state index in [2.05, 4.69) is 0 Å². The third-order valence-electron chi connectivity index (χ3n) is 3.48. The van der Waals surface area contributed by atoms with E-state index in [-0.39, 0.29) is 5.91 Å². The number of thiophene rings is 1. The Balaban J connectivity index is 2.23. The summed E-state index contributed by atoms with van der Waals surface area (Å²) in [6.45, 7) is 7.32. The molecule has 1 aromatic carbocycles. The maximum atomic E-state index is 12.7. The van der Waals surface area contributed by atoms with Gasteiger partial charge in [0.1, 0.15) is 0 Å². The smallest absolute Gasteiger partial charge is 0.254 e. The van der Waals surface area contributed by atoms with Gasteiger partial charge < -0.3 is 4.90 Å². The van der Waals surface area contributed by atoms with Crippen molar-refractivity contribution in [2.45, 2.75) is 27.3 Å². The minimum Gasteiger partial charge on any atom is -0.334 e. The molecule has 20 heavy (non-hydrogen) atoms. The maximum Gasteiger partial charge on any atom is 0.254 e. The molecule has 0 radical (unpaired) electrons. The molecule has 0 N–H and O–H groups in total. The lowest BCUT2D eigenvalue weighted by atomic mass is 10.0. The summed E-state index contributed by atoms with van der Waals surface area (Å²) in [5.74, 6) is 0.0817. The Morgan fingerprint density at radius 3 is 2.60 bits per heavy atom. The van der Waals surface area contributed by atoms with E-state index in [9.17, 15) is 4.79 Å². The Bertz CT molecular complexity index is 621. The van der Waals surface area contributed by atoms with Crippen molar-refractivity contribution in [1.82, 2.24) is 4.90 Å². The quantitative estimate of drug-likeness (QED) is 0.803. The molecule has 0 atom stereocenters. The second kappa shape index (κ2) is 6.42. The molecule has 0 unspecified atom stereocenters. The van der Waals surface area contributed by atoms with Crippen molar-refractivity contribution in [2.24, 2.45) is 0 Å². The number of carbonyl (C=O) groups excluding carboxylic acids is 1. The topological polar surface area (TPSA) is 20.3 Å². The van der Waals surface area contributed by atoms with Crippen LogP contribution in [0.15, 0.2) is 30.3 Å². The van der Waals surface area contributed by atoms with Gasteiger partial charge in [0.05, 0.1) is 10.9 Å². The first-order valence-electron chi connectivity index (χ1n) is 6.62. The van der Waals surface area contributed by atoms with Crippen molar-refractivity contribution in [3.63, 3.8) is 0 Å². The average Bonchev–Trinajstić information content (AvgIpc) is 2.84. The zero-order valence-corrected chi connectivity index (χ0v) is 13.5. The lowest BCUT2D eigenvalue weighted by molar-refractivity contribution is 0.0753. The molecule has 0 aliphatic rings. The van der Waals surface area contributed by atoms with Crippen LogP contribution in [0.2, 0.25) is 4.34 Å². The van der Waals surface area contributed by atoms with E-state index >= 15 is 0 Å². The normalized spacial score (nSPS) is 10.6. The molecular weight excluding hydrogens is 290 g/mol. The van der Waals surface area contributed by atoms with Gasteiger partial charge in [0.2, 0.25) is 0 Å². The zero-order chi connectivity index (χ0) is 14.7. The summed E-state index contributed by atoms with van der Waals surface area (Å²) < 4.78 is 0.759. The fourth-order valence-electron chi connectivity index (χ4n) is 2.11. The zero-order valence-electron chi connectivity index (χ0n) is 11.9. The van der Waals surface area contributed by atoms with Gasteiger partial charge in [-0.05, 0) is 50.1 Å². The van der Waals surface area contributed by atoms with Crippen LogP contribution in [-0.2, 0) is 6.54 Å². The van der Waals surface area contributed by atoms with E-state index in [1.165, 1.54) is 11.3 Å². The molecule has 0 saturated carbocycles. The lowest BCUT2D eigenvalue weighted by Crippen LogP contribution is -2.30. The van der Waals surface area contributed by atoms with E-state index in [4.69, 9.17) is 11.6 Å². The second-order valence-electron chi connectivity index (χ2n) is 4.77. The Labute approximate surface area is 129 Å². The van der Waals surface area contributed by atoms with E-state index in [1.807, 2.05) is 56.0 Å². The van der Waals surface area contributed by atoms with Gasteiger partial charge >= 0.3 is 0 Å². The lowest BCUT2D eigenvalue weighted by Gasteiger charge is -2.21. The number of halogens is 1. The van der Waals surface area contributed by atoms with Crippen molar-refractivity contribution in [1.29, 1.82) is 0 Å². The minimum atomic E-state index is 0.0817. The number of aryl methyl sites for hydroxylation is 1. The van der Waals surface area contributed by atoms with Crippen LogP contribution in [0.25, 0.3) is 0 Å². The first-order chi connectivity index (χ1) is 9.52. The summed E-state index contributed by atoms with van der Waals surface area (Å²) in [6, 6.07) is 9.71. The van der Waals surface area contributed by atoms with E-state index < -0.39 is 0 Å². The fraction of sp³-hybridized carbons (Fsp3) is 0.312. The molecule has 1 heterocycles. The number of benzene rings is 1. The number of hydrogen-bond acceptors (Lipinski definition) is 2. The Hall–Kier alpha value is -1.32. The van der Waals surface area contributed by atoms with Gasteiger partial charge in [-0.3, -0.25) is 4.79 Å². The molecule has 4 heteroatoms. The molecule has 0 bridgehead atoms. The van der Waals surface area contributed by atoms with E-state index in [0.717, 1.165) is 25.9 Å². The van der Waals surface area contributed by atoms with Crippen molar-refractivity contribution < 1.29 is 4.79 Å². The summed E-state index contributed by atoms with van der Waals surface area (Å²) >= 11 is 7.47. The standard InChI is InChI=1S/C16H18ClNOS/c1-4-18(10-13-8-9-15(17)20-13)16(19)14-7-5-6-11(2)12(14)3/h5-9H,4,10H2,1-3H3. The predicted octanol–water partition coefficient (Wildman–Crippen LogP) is 4.68. The van der Waals surface area contributed by atoms with Crippen molar-refractivity contribution in [2.75, 3.05) is 6.54 Å². The molecule has 0 fully saturated rings. The second-order valence-corrected chi connectivity index (χ2v) is 6.57. The highest BCUT2D eigenvalue weighted by atomic mass is 35.5. The highest BCUT2D eigenvalue weighted by Crippen LogP contribution is 2.24. The van der Waals surface area contributed by atoms with Crippen LogP contribution in [0.5, 0.6) is 0 Å². The van der Waals surface area contributed by atoms with Gasteiger partial charge in [-0.2, -0.15) is 0 Å². The van der Waals surface area contributed by atoms with Crippen LogP contribution in [-0.4, -0.2) is 17.4 Å². The molecule has 106 valence electrons. The number of hydrogen-bond donors (Lipinski definition) is 0. The molecule has 0 saturated heterocycles. The molecular formula is C16H18ClNOS. The average molecular weight is 308 g/mol. The Morgan fingerprint density at radius 1 is 1.25 bits per heavy atom. The number of amides is 1. The van der Waals surface area contributed by atoms with Crippen molar-refractivity contribution in [3.05, 3.63) is 56.2 Å². The molecule has 2 aromatic rings. The highest BCUT2D eigenvalue weighted by Gasteiger charge is 2.17. The SMILES string of the molecule is CCN(Cc1ccc(Cl)s1)C(=O)c1cccc(C)c1C. The summed E-state index contributed by atoms with van der Waals surface area (Å²) in [5, 5.41) is 0. The van der Waals surface area contributed by atoms with Crippen LogP contribution in [0, 0.1) is 13.8 Å². The van der Waals surface area contributed by atoms with Gasteiger partial charge in [-0.25, -0.2) is 0 Å². The van der Waals surface area contributed by atoms with Crippen molar-refractivity contribution in [3.8, 4) is 0 Å². The summed E-state index contributed by atoms with van der Waals surface area (Å²) in [5.41, 5.74) is 2.99. The highest BCUT2D eigenvalue weighted by molar-refractivity contribution is 7.16. The van der Waals surface area contributed by atoms with Crippen molar-refractivity contribution >= 4 is 28.8 Å². The molecule has 1 amide bonds. The largest absolute Gasteiger partial charge is 0.334 e. The summed E-state index contributed by atoms with van der Waals surface area (Å²) in [7, 11) is 0. The van der Waals surface area contributed by atoms with Gasteiger partial charge in [0, 0.05) is 17.0 Å². The van der Waals surface area contributed by atoms with Gasteiger partial charge in [-0.1, -0.05) is 23.7 Å². The van der Waals surface area contributed by atoms with Crippen LogP contribution in [0.1, 0.15) is 33.3 Å². The molecule has 2 rings (SSSR count). The molecule has 0 aliphatic carbocycles. The summed E-state index contributed by atoms with van der Waals surface area (Å²) in [4.78, 5) is 15.6. The fourth-order valence-corrected chi connectivity index (χ4v) is 3.21. The maximum absolute atomic E-state index is 12.7. The molecule has 0 spiro atoms. The predicted molar refractivity (Wildman–Crippen MR) is 85.7 cm³/mol. The number of rotatable bonds is 4. The van der Waals surface area contributed by atoms with Gasteiger partial charge in [-0.15, -0.1) is 11.3 Å². The number of carbonyl (C=O) groups is 1. The molecule has 1 aromatic heterocycles. The van der Waals surface area contributed by atoms with Crippen LogP contribution in [0.3, 0.4) is 0 Å². The molecule has 0 aliphatic heterocycles. The monoisotopic (exact) mass is 307 g/mol. The van der Waals surface area contributed by atoms with Crippen LogP contribution >= 0.6 is 22.9 Å². The third-order valence-corrected chi connectivity index (χ3v) is 4.70. The van der Waals surface area contributed by atoms with Gasteiger partial charge in [0.15, 0.2) is 0 Å². The minimum absolute atomic E-state index is 0.0817. The third kappa shape index (κ3) is 3.22. The van der Waals surface area contributed by atoms with Gasteiger partial charge in [0.25, 0.3) is 5.91 Å². The van der Waals surface area contributed by atoms with Crippen LogP contribution in [0.4, 0.5) is 0 Å².